The summed E-state index contributed by atoms with van der Waals surface area (Å²) in [6, 6.07) is 8.64. The first-order valence-corrected chi connectivity index (χ1v) is 5.82. The molecule has 0 amide bonds. The molecular formula is C15H13NO3. The van der Waals surface area contributed by atoms with E-state index in [1.54, 1.807) is 37.4 Å². The number of rotatable bonds is 4. The summed E-state index contributed by atoms with van der Waals surface area (Å²) < 4.78 is 10.6. The van der Waals surface area contributed by atoms with Crippen molar-refractivity contribution < 1.29 is 13.9 Å². The van der Waals surface area contributed by atoms with Crippen molar-refractivity contribution in [2.75, 3.05) is 0 Å². The molecule has 4 heteroatoms. The van der Waals surface area contributed by atoms with Gasteiger partial charge in [-0.2, -0.15) is 0 Å². The van der Waals surface area contributed by atoms with E-state index in [9.17, 15) is 4.79 Å². The van der Waals surface area contributed by atoms with Gasteiger partial charge in [-0.05, 0) is 31.2 Å². The lowest BCUT2D eigenvalue weighted by molar-refractivity contribution is 0.0261. The molecule has 0 aromatic carbocycles. The van der Waals surface area contributed by atoms with Crippen LogP contribution in [0, 0.1) is 19.3 Å². The third kappa shape index (κ3) is 3.23. The van der Waals surface area contributed by atoms with Crippen molar-refractivity contribution in [2.45, 2.75) is 19.4 Å². The number of carbonyl (C=O) groups is 1. The van der Waals surface area contributed by atoms with Gasteiger partial charge in [0.2, 0.25) is 5.76 Å². The van der Waals surface area contributed by atoms with Crippen molar-refractivity contribution in [1.82, 2.24) is 4.98 Å². The Labute approximate surface area is 111 Å². The van der Waals surface area contributed by atoms with Crippen LogP contribution < -0.4 is 0 Å². The molecule has 0 bridgehead atoms. The number of carbonyl (C=O) groups excluding carboxylic acids is 1. The topological polar surface area (TPSA) is 52.3 Å². The van der Waals surface area contributed by atoms with Gasteiger partial charge >= 0.3 is 5.97 Å². The fraction of sp³-hybridized carbons (Fsp3) is 0.200. The number of nitrogens with zero attached hydrogens (tertiary/aromatic N) is 1. The molecule has 0 aliphatic carbocycles. The van der Waals surface area contributed by atoms with Crippen LogP contribution in [0.15, 0.2) is 40.9 Å². The Morgan fingerprint density at radius 2 is 2.32 bits per heavy atom. The second kappa shape index (κ2) is 5.87. The fourth-order valence-electron chi connectivity index (χ4n) is 1.61. The van der Waals surface area contributed by atoms with Crippen LogP contribution in [0.2, 0.25) is 0 Å². The maximum atomic E-state index is 11.9. The van der Waals surface area contributed by atoms with Crippen molar-refractivity contribution in [2.24, 2.45) is 0 Å². The first-order valence-electron chi connectivity index (χ1n) is 5.82. The molecule has 4 nitrogen and oxygen atoms in total. The first-order chi connectivity index (χ1) is 9.20. The summed E-state index contributed by atoms with van der Waals surface area (Å²) in [5, 5.41) is 0. The Morgan fingerprint density at radius 1 is 1.47 bits per heavy atom. The molecule has 96 valence electrons. The van der Waals surface area contributed by atoms with E-state index in [4.69, 9.17) is 15.6 Å². The molecule has 2 rings (SSSR count). The van der Waals surface area contributed by atoms with Crippen molar-refractivity contribution in [3.63, 3.8) is 0 Å². The van der Waals surface area contributed by atoms with Gasteiger partial charge in [-0.25, -0.2) is 4.79 Å². The van der Waals surface area contributed by atoms with Crippen molar-refractivity contribution in [3.8, 4) is 12.3 Å². The van der Waals surface area contributed by atoms with E-state index in [0.717, 1.165) is 0 Å². The Balaban J connectivity index is 2.14. The molecular weight excluding hydrogens is 242 g/mol. The molecule has 0 fully saturated rings. The lowest BCUT2D eigenvalue weighted by Gasteiger charge is -2.14. The Kier molecular flexibility index (Phi) is 3.99. The molecule has 0 saturated heterocycles. The molecule has 19 heavy (non-hydrogen) atoms. The molecule has 0 N–H and O–H groups in total. The monoisotopic (exact) mass is 255 g/mol. The molecule has 0 aliphatic heterocycles. The zero-order chi connectivity index (χ0) is 13.7. The zero-order valence-electron chi connectivity index (χ0n) is 10.5. The number of aryl methyl sites for hydroxylation is 1. The summed E-state index contributed by atoms with van der Waals surface area (Å²) in [5.41, 5.74) is 0.622. The molecule has 0 unspecified atom stereocenters. The first kappa shape index (κ1) is 12.9. The normalized spacial score (nSPS) is 11.6. The predicted molar refractivity (Wildman–Crippen MR) is 69.3 cm³/mol. The highest BCUT2D eigenvalue weighted by Gasteiger charge is 2.20. The number of hydrogen-bond donors (Lipinski definition) is 0. The quantitative estimate of drug-likeness (QED) is 0.622. The second-order valence-corrected chi connectivity index (χ2v) is 3.97. The Hall–Kier alpha value is -2.54. The van der Waals surface area contributed by atoms with Gasteiger partial charge in [-0.3, -0.25) is 4.98 Å². The molecule has 0 spiro atoms. The van der Waals surface area contributed by atoms with Gasteiger partial charge in [0.15, 0.2) is 6.10 Å². The van der Waals surface area contributed by atoms with Crippen LogP contribution in [0.3, 0.4) is 0 Å². The average Bonchev–Trinajstić information content (AvgIpc) is 2.86. The van der Waals surface area contributed by atoms with Crippen LogP contribution in [0.4, 0.5) is 0 Å². The molecule has 0 radical (unpaired) electrons. The van der Waals surface area contributed by atoms with Gasteiger partial charge in [0.1, 0.15) is 5.76 Å². The van der Waals surface area contributed by atoms with Crippen molar-refractivity contribution in [3.05, 3.63) is 53.7 Å². The molecule has 0 saturated carbocycles. The Morgan fingerprint density at radius 3 is 2.89 bits per heavy atom. The summed E-state index contributed by atoms with van der Waals surface area (Å²) in [6.45, 7) is 1.76. The van der Waals surface area contributed by atoms with E-state index < -0.39 is 12.1 Å². The van der Waals surface area contributed by atoms with Gasteiger partial charge in [0.05, 0.1) is 12.1 Å². The highest BCUT2D eigenvalue weighted by atomic mass is 16.6. The van der Waals surface area contributed by atoms with E-state index in [-0.39, 0.29) is 12.2 Å². The van der Waals surface area contributed by atoms with E-state index in [1.165, 1.54) is 0 Å². The number of aromatic nitrogens is 1. The number of furan rings is 1. The van der Waals surface area contributed by atoms with Crippen molar-refractivity contribution in [1.29, 1.82) is 0 Å². The minimum Gasteiger partial charge on any atom is -0.454 e. The zero-order valence-corrected chi connectivity index (χ0v) is 10.5. The Bertz CT molecular complexity index is 595. The molecule has 2 heterocycles. The standard InChI is InChI=1S/C15H13NO3/c1-3-6-13(12-7-4-5-10-16-12)19-15(17)14-9-8-11(2)18-14/h1,4-5,7-10,13H,6H2,2H3/t13-/m0/s1. The van der Waals surface area contributed by atoms with E-state index >= 15 is 0 Å². The fourth-order valence-corrected chi connectivity index (χ4v) is 1.61. The maximum absolute atomic E-state index is 11.9. The van der Waals surface area contributed by atoms with Crippen molar-refractivity contribution >= 4 is 5.97 Å². The highest BCUT2D eigenvalue weighted by molar-refractivity contribution is 5.86. The largest absolute Gasteiger partial charge is 0.454 e. The summed E-state index contributed by atoms with van der Waals surface area (Å²) in [4.78, 5) is 16.1. The van der Waals surface area contributed by atoms with Gasteiger partial charge in [0.25, 0.3) is 0 Å². The minimum atomic E-state index is -0.566. The SMILES string of the molecule is C#CC[C@H](OC(=O)c1ccc(C)o1)c1ccccn1. The smallest absolute Gasteiger partial charge is 0.374 e. The predicted octanol–water partition coefficient (Wildman–Crippen LogP) is 2.90. The van der Waals surface area contributed by atoms with E-state index in [0.29, 0.717) is 11.5 Å². The molecule has 0 aliphatic rings. The number of hydrogen-bond acceptors (Lipinski definition) is 4. The lowest BCUT2D eigenvalue weighted by atomic mass is 10.2. The number of esters is 1. The molecule has 1 atom stereocenters. The van der Waals surface area contributed by atoms with Gasteiger partial charge < -0.3 is 9.15 Å². The van der Waals surface area contributed by atoms with Crippen LogP contribution in [-0.2, 0) is 4.74 Å². The maximum Gasteiger partial charge on any atom is 0.374 e. The average molecular weight is 255 g/mol. The number of pyridine rings is 1. The van der Waals surface area contributed by atoms with Gasteiger partial charge in [0, 0.05) is 6.20 Å². The summed E-state index contributed by atoms with van der Waals surface area (Å²) in [7, 11) is 0. The van der Waals surface area contributed by atoms with E-state index in [1.807, 2.05) is 6.07 Å². The third-order valence-electron chi connectivity index (χ3n) is 2.51. The summed E-state index contributed by atoms with van der Waals surface area (Å²) >= 11 is 0. The van der Waals surface area contributed by atoms with Crippen LogP contribution in [0.5, 0.6) is 0 Å². The summed E-state index contributed by atoms with van der Waals surface area (Å²) in [6.07, 6.45) is 6.62. The molecule has 2 aromatic rings. The summed E-state index contributed by atoms with van der Waals surface area (Å²) in [5.74, 6) is 2.75. The van der Waals surface area contributed by atoms with Crippen LogP contribution in [0.25, 0.3) is 0 Å². The number of terminal acetylenes is 1. The van der Waals surface area contributed by atoms with Crippen LogP contribution in [0.1, 0.15) is 34.5 Å². The van der Waals surface area contributed by atoms with Crippen LogP contribution >= 0.6 is 0 Å². The lowest BCUT2D eigenvalue weighted by Crippen LogP contribution is -2.12. The molecule has 2 aromatic heterocycles. The van der Waals surface area contributed by atoms with E-state index in [2.05, 4.69) is 10.9 Å². The van der Waals surface area contributed by atoms with Gasteiger partial charge in [-0.1, -0.05) is 6.07 Å². The van der Waals surface area contributed by atoms with Gasteiger partial charge in [-0.15, -0.1) is 12.3 Å². The number of ether oxygens (including phenoxy) is 1. The third-order valence-corrected chi connectivity index (χ3v) is 2.51. The minimum absolute atomic E-state index is 0.162. The second-order valence-electron chi connectivity index (χ2n) is 3.97. The van der Waals surface area contributed by atoms with Crippen LogP contribution in [-0.4, -0.2) is 11.0 Å². The highest BCUT2D eigenvalue weighted by Crippen LogP contribution is 2.21.